The van der Waals surface area contributed by atoms with Gasteiger partial charge in [0.1, 0.15) is 17.6 Å². The molecule has 0 fully saturated rings. The molecule has 108 valence electrons. The lowest BCUT2D eigenvalue weighted by atomic mass is 9.95. The maximum atomic E-state index is 11.7. The van der Waals surface area contributed by atoms with E-state index in [1.165, 1.54) is 0 Å². The number of carbonyl (C=O) groups excluding carboxylic acids is 1. The molecule has 1 atom stereocenters. The summed E-state index contributed by atoms with van der Waals surface area (Å²) in [5.41, 5.74) is 6.27. The molecule has 5 nitrogen and oxygen atoms in total. The largest absolute Gasteiger partial charge is 0.496 e. The highest BCUT2D eigenvalue weighted by atomic mass is 16.5. The average molecular weight is 285 g/mol. The number of allylic oxidation sites excluding steroid dienone is 2. The van der Waals surface area contributed by atoms with Crippen LogP contribution in [0.1, 0.15) is 0 Å². The van der Waals surface area contributed by atoms with Crippen LogP contribution in [0.4, 0.5) is 0 Å². The lowest BCUT2D eigenvalue weighted by Crippen LogP contribution is -2.43. The smallest absolute Gasteiger partial charge is 0.284 e. The van der Waals surface area contributed by atoms with Gasteiger partial charge in [0.05, 0.1) is 19.8 Å². The SMILES string of the molecule is COC1=CC=CC2OC(C(N)=O)=c3cccc(OC)c3=C12. The molecular formula is C16H15NO4. The van der Waals surface area contributed by atoms with Crippen molar-refractivity contribution in [2.45, 2.75) is 6.10 Å². The quantitative estimate of drug-likeness (QED) is 0.844. The van der Waals surface area contributed by atoms with E-state index in [0.717, 1.165) is 10.8 Å². The first-order chi connectivity index (χ1) is 10.2. The number of ether oxygens (including phenoxy) is 3. The Morgan fingerprint density at radius 3 is 2.76 bits per heavy atom. The monoisotopic (exact) mass is 285 g/mol. The Labute approximate surface area is 121 Å². The highest BCUT2D eigenvalue weighted by Crippen LogP contribution is 2.27. The molecule has 0 saturated heterocycles. The van der Waals surface area contributed by atoms with Gasteiger partial charge >= 0.3 is 0 Å². The lowest BCUT2D eigenvalue weighted by Gasteiger charge is -2.27. The number of benzene rings is 1. The number of methoxy groups -OCH3 is 2. The fourth-order valence-electron chi connectivity index (χ4n) is 2.66. The number of hydrogen-bond donors (Lipinski definition) is 1. The van der Waals surface area contributed by atoms with E-state index in [4.69, 9.17) is 19.9 Å². The van der Waals surface area contributed by atoms with Crippen molar-refractivity contribution in [3.63, 3.8) is 0 Å². The summed E-state index contributed by atoms with van der Waals surface area (Å²) in [6.45, 7) is 0. The van der Waals surface area contributed by atoms with Gasteiger partial charge < -0.3 is 19.9 Å². The van der Waals surface area contributed by atoms with Gasteiger partial charge in [0.2, 0.25) is 0 Å². The van der Waals surface area contributed by atoms with Crippen molar-refractivity contribution in [3.05, 3.63) is 52.6 Å². The van der Waals surface area contributed by atoms with Gasteiger partial charge in [-0.1, -0.05) is 18.2 Å². The van der Waals surface area contributed by atoms with Gasteiger partial charge in [0.25, 0.3) is 5.91 Å². The molecule has 1 aromatic rings. The van der Waals surface area contributed by atoms with E-state index in [1.54, 1.807) is 26.4 Å². The summed E-state index contributed by atoms with van der Waals surface area (Å²) in [4.78, 5) is 11.7. The molecule has 3 rings (SSSR count). The van der Waals surface area contributed by atoms with Crippen LogP contribution in [0.25, 0.3) is 11.3 Å². The number of carbonyl (C=O) groups is 1. The van der Waals surface area contributed by atoms with E-state index in [1.807, 2.05) is 24.3 Å². The van der Waals surface area contributed by atoms with E-state index in [9.17, 15) is 4.79 Å². The molecule has 0 bridgehead atoms. The summed E-state index contributed by atoms with van der Waals surface area (Å²) in [6, 6.07) is 5.41. The molecule has 1 aliphatic carbocycles. The van der Waals surface area contributed by atoms with E-state index in [0.29, 0.717) is 16.7 Å². The molecule has 1 heterocycles. The molecule has 1 aliphatic heterocycles. The van der Waals surface area contributed by atoms with Crippen molar-refractivity contribution in [2.24, 2.45) is 5.73 Å². The zero-order valence-electron chi connectivity index (χ0n) is 11.8. The van der Waals surface area contributed by atoms with Crippen molar-refractivity contribution in [1.82, 2.24) is 0 Å². The second-order valence-electron chi connectivity index (χ2n) is 4.65. The maximum absolute atomic E-state index is 11.7. The van der Waals surface area contributed by atoms with Crippen LogP contribution < -0.4 is 20.9 Å². The second kappa shape index (κ2) is 5.01. The number of fused-ring (bicyclic) bond motifs is 2. The first-order valence-electron chi connectivity index (χ1n) is 6.48. The van der Waals surface area contributed by atoms with Crippen LogP contribution in [0.2, 0.25) is 0 Å². The summed E-state index contributed by atoms with van der Waals surface area (Å²) in [6.07, 6.45) is 5.10. The number of nitrogens with two attached hydrogens (primary N) is 1. The van der Waals surface area contributed by atoms with E-state index in [-0.39, 0.29) is 5.76 Å². The van der Waals surface area contributed by atoms with E-state index in [2.05, 4.69) is 0 Å². The third kappa shape index (κ3) is 1.98. The van der Waals surface area contributed by atoms with Gasteiger partial charge in [-0.2, -0.15) is 0 Å². The second-order valence-corrected chi connectivity index (χ2v) is 4.65. The van der Waals surface area contributed by atoms with Crippen molar-refractivity contribution in [3.8, 4) is 5.75 Å². The van der Waals surface area contributed by atoms with Crippen LogP contribution in [-0.4, -0.2) is 26.2 Å². The van der Waals surface area contributed by atoms with Crippen molar-refractivity contribution in [2.75, 3.05) is 14.2 Å². The Morgan fingerprint density at radius 1 is 1.29 bits per heavy atom. The zero-order valence-corrected chi connectivity index (χ0v) is 11.8. The normalized spacial score (nSPS) is 19.1. The topological polar surface area (TPSA) is 70.8 Å². The Balaban J connectivity index is 2.50. The first kappa shape index (κ1) is 13.3. The Hall–Kier alpha value is -2.69. The van der Waals surface area contributed by atoms with Crippen LogP contribution in [0, 0.1) is 0 Å². The minimum absolute atomic E-state index is 0.139. The molecule has 1 aromatic carbocycles. The van der Waals surface area contributed by atoms with Crippen molar-refractivity contribution < 1.29 is 19.0 Å². The van der Waals surface area contributed by atoms with Crippen LogP contribution in [0.3, 0.4) is 0 Å². The summed E-state index contributed by atoms with van der Waals surface area (Å²) in [5.74, 6) is 0.856. The summed E-state index contributed by atoms with van der Waals surface area (Å²) < 4.78 is 16.6. The highest BCUT2D eigenvalue weighted by molar-refractivity contribution is 6.10. The molecule has 2 N–H and O–H groups in total. The third-order valence-electron chi connectivity index (χ3n) is 3.53. The van der Waals surface area contributed by atoms with Gasteiger partial charge in [-0.3, -0.25) is 4.79 Å². The van der Waals surface area contributed by atoms with Crippen molar-refractivity contribution in [1.29, 1.82) is 0 Å². The number of amides is 1. The van der Waals surface area contributed by atoms with Crippen LogP contribution in [0.5, 0.6) is 5.75 Å². The number of hydrogen-bond acceptors (Lipinski definition) is 4. The third-order valence-corrected chi connectivity index (χ3v) is 3.53. The minimum atomic E-state index is -0.606. The van der Waals surface area contributed by atoms with Gasteiger partial charge in [-0.05, 0) is 18.2 Å². The minimum Gasteiger partial charge on any atom is -0.496 e. The molecule has 0 aromatic heterocycles. The molecule has 0 spiro atoms. The highest BCUT2D eigenvalue weighted by Gasteiger charge is 2.29. The fourth-order valence-corrected chi connectivity index (χ4v) is 2.66. The van der Waals surface area contributed by atoms with Crippen LogP contribution in [-0.2, 0) is 14.3 Å². The Bertz CT molecular complexity index is 789. The van der Waals surface area contributed by atoms with Crippen LogP contribution in [0.15, 0.2) is 42.2 Å². The van der Waals surface area contributed by atoms with E-state index >= 15 is 0 Å². The molecular weight excluding hydrogens is 270 g/mol. The van der Waals surface area contributed by atoms with Crippen LogP contribution >= 0.6 is 0 Å². The number of primary amides is 1. The molecule has 0 radical (unpaired) electrons. The van der Waals surface area contributed by atoms with E-state index < -0.39 is 12.0 Å². The summed E-state index contributed by atoms with van der Waals surface area (Å²) >= 11 is 0. The molecule has 5 heteroatoms. The molecule has 1 amide bonds. The molecule has 21 heavy (non-hydrogen) atoms. The molecule has 2 aliphatic rings. The predicted molar refractivity (Wildman–Crippen MR) is 77.4 cm³/mol. The Kier molecular flexibility index (Phi) is 3.17. The lowest BCUT2D eigenvalue weighted by molar-refractivity contribution is -0.115. The Morgan fingerprint density at radius 2 is 2.10 bits per heavy atom. The zero-order chi connectivity index (χ0) is 15.0. The summed E-state index contributed by atoms with van der Waals surface area (Å²) in [5, 5.41) is 1.40. The number of rotatable bonds is 3. The predicted octanol–water partition coefficient (Wildman–Crippen LogP) is -0.0617. The first-order valence-corrected chi connectivity index (χ1v) is 6.48. The van der Waals surface area contributed by atoms with Gasteiger partial charge in [0, 0.05) is 10.4 Å². The average Bonchev–Trinajstić information content (AvgIpc) is 2.52. The van der Waals surface area contributed by atoms with Gasteiger partial charge in [0.15, 0.2) is 5.76 Å². The summed E-state index contributed by atoms with van der Waals surface area (Å²) in [7, 11) is 3.18. The van der Waals surface area contributed by atoms with Crippen molar-refractivity contribution >= 4 is 17.2 Å². The fraction of sp³-hybridized carbons (Fsp3) is 0.188. The standard InChI is InChI=1S/C16H15NO4/c1-19-10-6-3-5-9-13(10)14-11(20-2)7-4-8-12(14)21-15(9)16(17)18/h3-8,12H,1-2H3,(H2,17,18). The molecule has 1 unspecified atom stereocenters. The molecule has 0 saturated carbocycles. The van der Waals surface area contributed by atoms with Gasteiger partial charge in [-0.15, -0.1) is 0 Å². The van der Waals surface area contributed by atoms with Gasteiger partial charge in [-0.25, -0.2) is 0 Å². The maximum Gasteiger partial charge on any atom is 0.284 e.